The van der Waals surface area contributed by atoms with Crippen molar-refractivity contribution >= 4 is 22.4 Å². The van der Waals surface area contributed by atoms with Crippen molar-refractivity contribution in [1.82, 2.24) is 10.3 Å². The lowest BCUT2D eigenvalue weighted by atomic mass is 9.93. The molecule has 0 aromatic carbocycles. The van der Waals surface area contributed by atoms with Gasteiger partial charge in [0.1, 0.15) is 6.10 Å². The van der Waals surface area contributed by atoms with Crippen LogP contribution >= 0.6 is 11.3 Å². The van der Waals surface area contributed by atoms with Gasteiger partial charge >= 0.3 is 6.03 Å². The summed E-state index contributed by atoms with van der Waals surface area (Å²) in [7, 11) is 0. The summed E-state index contributed by atoms with van der Waals surface area (Å²) in [6.45, 7) is 2.01. The third-order valence-corrected chi connectivity index (χ3v) is 4.72. The molecule has 2 aromatic heterocycles. The average molecular weight is 331 g/mol. The average Bonchev–Trinajstić information content (AvgIpc) is 3.04. The Labute approximate surface area is 140 Å². The predicted octanol–water partition coefficient (Wildman–Crippen LogP) is 3.96. The molecule has 2 N–H and O–H groups in total. The second kappa shape index (κ2) is 7.46. The molecular weight excluding hydrogens is 310 g/mol. The first-order chi connectivity index (χ1) is 11.2. The van der Waals surface area contributed by atoms with Crippen molar-refractivity contribution in [3.8, 4) is 5.88 Å². The van der Waals surface area contributed by atoms with Crippen LogP contribution in [0.4, 0.5) is 9.80 Å². The number of hydrogen-bond donors (Lipinski definition) is 2. The molecule has 1 saturated carbocycles. The van der Waals surface area contributed by atoms with Crippen LogP contribution in [0.1, 0.15) is 31.2 Å². The van der Waals surface area contributed by atoms with E-state index in [0.29, 0.717) is 5.88 Å². The van der Waals surface area contributed by atoms with Crippen molar-refractivity contribution in [3.05, 3.63) is 41.4 Å². The molecule has 2 aromatic rings. The van der Waals surface area contributed by atoms with E-state index in [1.807, 2.05) is 42.8 Å². The Kier molecular flexibility index (Phi) is 5.12. The van der Waals surface area contributed by atoms with Gasteiger partial charge in [-0.15, -0.1) is 11.3 Å². The van der Waals surface area contributed by atoms with Gasteiger partial charge in [0, 0.05) is 18.3 Å². The first kappa shape index (κ1) is 15.8. The summed E-state index contributed by atoms with van der Waals surface area (Å²) in [5, 5.41) is 8.69. The highest BCUT2D eigenvalue weighted by Gasteiger charge is 2.24. The summed E-state index contributed by atoms with van der Waals surface area (Å²) in [5.41, 5.74) is 1.13. The number of nitrogens with zero attached hydrogens (tertiary/aromatic N) is 1. The highest BCUT2D eigenvalue weighted by atomic mass is 32.1. The second-order valence-electron chi connectivity index (χ2n) is 5.84. The van der Waals surface area contributed by atoms with E-state index in [9.17, 15) is 4.79 Å². The summed E-state index contributed by atoms with van der Waals surface area (Å²) in [5.74, 6) is 0.683. The van der Waals surface area contributed by atoms with Crippen LogP contribution < -0.4 is 15.4 Å². The number of pyridine rings is 1. The van der Waals surface area contributed by atoms with E-state index in [4.69, 9.17) is 4.74 Å². The van der Waals surface area contributed by atoms with Crippen LogP contribution in [0.15, 0.2) is 35.8 Å². The Hall–Kier alpha value is -2.08. The van der Waals surface area contributed by atoms with Crippen molar-refractivity contribution in [2.45, 2.75) is 44.8 Å². The predicted molar refractivity (Wildman–Crippen MR) is 92.1 cm³/mol. The lowest BCUT2D eigenvalue weighted by molar-refractivity contribution is 0.135. The molecule has 0 atom stereocenters. The normalized spacial score (nSPS) is 20.7. The molecule has 0 radical (unpaired) electrons. The number of carbonyl (C=O) groups excluding carboxylic acids is 1. The monoisotopic (exact) mass is 331 g/mol. The number of amides is 2. The highest BCUT2D eigenvalue weighted by Crippen LogP contribution is 2.23. The minimum atomic E-state index is -0.128. The third kappa shape index (κ3) is 4.69. The molecule has 0 bridgehead atoms. The summed E-state index contributed by atoms with van der Waals surface area (Å²) in [6.07, 6.45) is 5.71. The lowest BCUT2D eigenvalue weighted by Crippen LogP contribution is -2.41. The van der Waals surface area contributed by atoms with Crippen LogP contribution in [-0.4, -0.2) is 23.2 Å². The Morgan fingerprint density at radius 2 is 2.09 bits per heavy atom. The summed E-state index contributed by atoms with van der Waals surface area (Å²) < 4.78 is 5.91. The number of hydrogen-bond acceptors (Lipinski definition) is 4. The molecule has 0 aliphatic heterocycles. The summed E-state index contributed by atoms with van der Waals surface area (Å²) in [6, 6.07) is 7.81. The fourth-order valence-corrected chi connectivity index (χ4v) is 3.32. The van der Waals surface area contributed by atoms with Gasteiger partial charge in [-0.25, -0.2) is 9.78 Å². The molecule has 6 heteroatoms. The van der Waals surface area contributed by atoms with Crippen molar-refractivity contribution in [3.63, 3.8) is 0 Å². The second-order valence-corrected chi connectivity index (χ2v) is 6.79. The number of thiophene rings is 1. The smallest absolute Gasteiger partial charge is 0.320 e. The largest absolute Gasteiger partial charge is 0.474 e. The number of carbonyl (C=O) groups is 1. The van der Waals surface area contributed by atoms with Crippen molar-refractivity contribution in [2.24, 2.45) is 0 Å². The SMILES string of the molecule is Cc1ccc(OC2CCC(NC(=O)Nc3cccs3)CC2)nc1. The van der Waals surface area contributed by atoms with E-state index in [0.717, 1.165) is 36.2 Å². The number of aryl methyl sites for hydroxylation is 1. The topological polar surface area (TPSA) is 63.2 Å². The minimum absolute atomic E-state index is 0.128. The number of aromatic nitrogens is 1. The highest BCUT2D eigenvalue weighted by molar-refractivity contribution is 7.14. The Morgan fingerprint density at radius 3 is 2.74 bits per heavy atom. The van der Waals surface area contributed by atoms with Gasteiger partial charge < -0.3 is 10.1 Å². The zero-order chi connectivity index (χ0) is 16.1. The van der Waals surface area contributed by atoms with Gasteiger partial charge in [-0.1, -0.05) is 6.07 Å². The van der Waals surface area contributed by atoms with Crippen LogP contribution in [0.3, 0.4) is 0 Å². The van der Waals surface area contributed by atoms with Gasteiger partial charge in [0.15, 0.2) is 0 Å². The van der Waals surface area contributed by atoms with Crippen LogP contribution in [0.5, 0.6) is 5.88 Å². The molecule has 0 saturated heterocycles. The van der Waals surface area contributed by atoms with Gasteiger partial charge in [0.05, 0.1) is 5.00 Å². The van der Waals surface area contributed by atoms with Crippen LogP contribution in [0.2, 0.25) is 0 Å². The van der Waals surface area contributed by atoms with Crippen LogP contribution in [0.25, 0.3) is 0 Å². The molecule has 122 valence electrons. The first-order valence-electron chi connectivity index (χ1n) is 7.89. The van der Waals surface area contributed by atoms with E-state index in [1.165, 1.54) is 11.3 Å². The van der Waals surface area contributed by atoms with Crippen LogP contribution in [-0.2, 0) is 0 Å². The van der Waals surface area contributed by atoms with Crippen molar-refractivity contribution in [2.75, 3.05) is 5.32 Å². The number of urea groups is 1. The Balaban J connectivity index is 1.41. The van der Waals surface area contributed by atoms with E-state index in [1.54, 1.807) is 0 Å². The molecule has 2 heterocycles. The molecule has 2 amide bonds. The quantitative estimate of drug-likeness (QED) is 0.891. The van der Waals surface area contributed by atoms with Gasteiger partial charge in [-0.2, -0.15) is 0 Å². The maximum absolute atomic E-state index is 11.9. The maximum Gasteiger partial charge on any atom is 0.320 e. The molecule has 0 unspecified atom stereocenters. The number of anilines is 1. The molecule has 1 aliphatic carbocycles. The van der Waals surface area contributed by atoms with Crippen molar-refractivity contribution < 1.29 is 9.53 Å². The maximum atomic E-state index is 11.9. The molecule has 5 nitrogen and oxygen atoms in total. The number of rotatable bonds is 4. The van der Waals surface area contributed by atoms with E-state index in [-0.39, 0.29) is 18.2 Å². The molecule has 0 spiro atoms. The Bertz CT molecular complexity index is 620. The molecule has 1 fully saturated rings. The van der Waals surface area contributed by atoms with E-state index >= 15 is 0 Å². The standard InChI is InChI=1S/C17H21N3O2S/c1-12-4-9-15(18-11-12)22-14-7-5-13(6-8-14)19-17(21)20-16-3-2-10-23-16/h2-4,9-11,13-14H,5-8H2,1H3,(H2,19,20,21). The number of ether oxygens (including phenoxy) is 1. The molecule has 23 heavy (non-hydrogen) atoms. The zero-order valence-corrected chi connectivity index (χ0v) is 13.9. The van der Waals surface area contributed by atoms with Gasteiger partial charge in [0.25, 0.3) is 0 Å². The fraction of sp³-hybridized carbons (Fsp3) is 0.412. The fourth-order valence-electron chi connectivity index (χ4n) is 2.70. The van der Waals surface area contributed by atoms with Crippen molar-refractivity contribution in [1.29, 1.82) is 0 Å². The zero-order valence-electron chi connectivity index (χ0n) is 13.1. The summed E-state index contributed by atoms with van der Waals surface area (Å²) in [4.78, 5) is 16.2. The number of nitrogens with one attached hydrogen (secondary N) is 2. The van der Waals surface area contributed by atoms with Gasteiger partial charge in [-0.05, 0) is 55.7 Å². The summed E-state index contributed by atoms with van der Waals surface area (Å²) >= 11 is 1.52. The van der Waals surface area contributed by atoms with Gasteiger partial charge in [0.2, 0.25) is 5.88 Å². The molecular formula is C17H21N3O2S. The third-order valence-electron chi connectivity index (χ3n) is 3.94. The minimum Gasteiger partial charge on any atom is -0.474 e. The van der Waals surface area contributed by atoms with Gasteiger partial charge in [-0.3, -0.25) is 5.32 Å². The molecule has 1 aliphatic rings. The van der Waals surface area contributed by atoms with Crippen LogP contribution in [0, 0.1) is 6.92 Å². The molecule has 3 rings (SSSR count). The lowest BCUT2D eigenvalue weighted by Gasteiger charge is -2.29. The van der Waals surface area contributed by atoms with E-state index in [2.05, 4.69) is 15.6 Å². The Morgan fingerprint density at radius 1 is 1.26 bits per heavy atom. The first-order valence-corrected chi connectivity index (χ1v) is 8.77. The van der Waals surface area contributed by atoms with E-state index < -0.39 is 0 Å².